The van der Waals surface area contributed by atoms with Gasteiger partial charge in [0.2, 0.25) is 0 Å². The number of nitrogens with zero attached hydrogens (tertiary/aromatic N) is 2. The van der Waals surface area contributed by atoms with E-state index >= 15 is 0 Å². The largest absolute Gasteiger partial charge is 0.365 e. The van der Waals surface area contributed by atoms with Crippen molar-refractivity contribution in [1.82, 2.24) is 9.88 Å². The van der Waals surface area contributed by atoms with Crippen LogP contribution >= 0.6 is 0 Å². The molecule has 1 fully saturated rings. The molecule has 21 heavy (non-hydrogen) atoms. The molecule has 0 aliphatic carbocycles. The molecule has 1 saturated heterocycles. The van der Waals surface area contributed by atoms with Gasteiger partial charge in [0.15, 0.2) is 0 Å². The standard InChI is InChI=1S/C16H19F2N3/c1-20-8-3-4-13(20)10-19-12-7-9-21(11-12)16-14(17)5-2-6-15(16)18/h2-6,8,12,19H,7,9-11H2,1H3/t12-/m0/s1. The minimum atomic E-state index is -0.488. The summed E-state index contributed by atoms with van der Waals surface area (Å²) in [6.45, 7) is 2.06. The maximum absolute atomic E-state index is 13.8. The average molecular weight is 291 g/mol. The van der Waals surface area contributed by atoms with E-state index in [9.17, 15) is 8.78 Å². The van der Waals surface area contributed by atoms with Crippen molar-refractivity contribution in [1.29, 1.82) is 0 Å². The molecule has 1 aliphatic rings. The van der Waals surface area contributed by atoms with E-state index in [1.54, 1.807) is 4.90 Å². The van der Waals surface area contributed by atoms with E-state index < -0.39 is 11.6 Å². The number of halogens is 2. The van der Waals surface area contributed by atoms with E-state index in [-0.39, 0.29) is 11.7 Å². The molecule has 3 rings (SSSR count). The first kappa shape index (κ1) is 14.1. The molecule has 0 unspecified atom stereocenters. The monoisotopic (exact) mass is 291 g/mol. The van der Waals surface area contributed by atoms with Crippen LogP contribution in [0.2, 0.25) is 0 Å². The first-order valence-electron chi connectivity index (χ1n) is 7.17. The molecular weight excluding hydrogens is 272 g/mol. The predicted molar refractivity (Wildman–Crippen MR) is 79.2 cm³/mol. The van der Waals surface area contributed by atoms with Crippen molar-refractivity contribution in [2.24, 2.45) is 7.05 Å². The second kappa shape index (κ2) is 5.85. The van der Waals surface area contributed by atoms with E-state index in [0.29, 0.717) is 13.1 Å². The van der Waals surface area contributed by atoms with Crippen LogP contribution in [-0.2, 0) is 13.6 Å². The van der Waals surface area contributed by atoms with Gasteiger partial charge in [-0.2, -0.15) is 0 Å². The first-order valence-corrected chi connectivity index (χ1v) is 7.17. The Labute approximate surface area is 123 Å². The lowest BCUT2D eigenvalue weighted by molar-refractivity contribution is 0.535. The molecule has 2 aromatic rings. The zero-order valence-electron chi connectivity index (χ0n) is 12.0. The van der Waals surface area contributed by atoms with Gasteiger partial charge in [-0.3, -0.25) is 0 Å². The van der Waals surface area contributed by atoms with Crippen LogP contribution in [0.1, 0.15) is 12.1 Å². The van der Waals surface area contributed by atoms with Crippen LogP contribution in [-0.4, -0.2) is 23.7 Å². The second-order valence-electron chi connectivity index (χ2n) is 5.49. The van der Waals surface area contributed by atoms with Crippen LogP contribution in [0.25, 0.3) is 0 Å². The second-order valence-corrected chi connectivity index (χ2v) is 5.49. The predicted octanol–water partition coefficient (Wildman–Crippen LogP) is 2.67. The van der Waals surface area contributed by atoms with Gasteiger partial charge in [-0.05, 0) is 30.7 Å². The molecule has 0 amide bonds. The summed E-state index contributed by atoms with van der Waals surface area (Å²) in [5.74, 6) is -0.976. The fraction of sp³-hybridized carbons (Fsp3) is 0.375. The zero-order chi connectivity index (χ0) is 14.8. The Morgan fingerprint density at radius 2 is 1.95 bits per heavy atom. The number of aryl methyl sites for hydroxylation is 1. The smallest absolute Gasteiger partial charge is 0.149 e. The number of benzene rings is 1. The van der Waals surface area contributed by atoms with E-state index in [2.05, 4.69) is 16.0 Å². The van der Waals surface area contributed by atoms with Gasteiger partial charge in [0.1, 0.15) is 17.3 Å². The maximum atomic E-state index is 13.8. The van der Waals surface area contributed by atoms with Gasteiger partial charge in [-0.15, -0.1) is 0 Å². The Hall–Kier alpha value is -1.88. The van der Waals surface area contributed by atoms with Crippen LogP contribution in [0.3, 0.4) is 0 Å². The Morgan fingerprint density at radius 3 is 2.62 bits per heavy atom. The summed E-state index contributed by atoms with van der Waals surface area (Å²) in [6.07, 6.45) is 2.89. The van der Waals surface area contributed by atoms with Gasteiger partial charge in [0, 0.05) is 44.6 Å². The van der Waals surface area contributed by atoms with Crippen LogP contribution in [0.5, 0.6) is 0 Å². The molecule has 2 heterocycles. The SMILES string of the molecule is Cn1cccc1CN[C@H]1CCN(c2c(F)cccc2F)C1. The molecule has 0 bridgehead atoms. The summed E-state index contributed by atoms with van der Waals surface area (Å²) in [6, 6.07) is 8.34. The van der Waals surface area contributed by atoms with Crippen molar-refractivity contribution in [2.75, 3.05) is 18.0 Å². The maximum Gasteiger partial charge on any atom is 0.149 e. The van der Waals surface area contributed by atoms with Gasteiger partial charge in [-0.25, -0.2) is 8.78 Å². The fourth-order valence-electron chi connectivity index (χ4n) is 2.85. The Balaban J connectivity index is 1.62. The molecular formula is C16H19F2N3. The van der Waals surface area contributed by atoms with Gasteiger partial charge < -0.3 is 14.8 Å². The van der Waals surface area contributed by atoms with E-state index in [4.69, 9.17) is 0 Å². The minimum Gasteiger partial charge on any atom is -0.365 e. The summed E-state index contributed by atoms with van der Waals surface area (Å²) >= 11 is 0. The lowest BCUT2D eigenvalue weighted by atomic mass is 10.2. The molecule has 1 atom stereocenters. The summed E-state index contributed by atoms with van der Waals surface area (Å²) < 4.78 is 29.6. The highest BCUT2D eigenvalue weighted by Crippen LogP contribution is 2.26. The van der Waals surface area contributed by atoms with Crippen molar-refractivity contribution in [3.63, 3.8) is 0 Å². The van der Waals surface area contributed by atoms with Gasteiger partial charge >= 0.3 is 0 Å². The zero-order valence-corrected chi connectivity index (χ0v) is 12.0. The lowest BCUT2D eigenvalue weighted by Crippen LogP contribution is -2.33. The van der Waals surface area contributed by atoms with Crippen LogP contribution < -0.4 is 10.2 Å². The van der Waals surface area contributed by atoms with Crippen LogP contribution in [0, 0.1) is 11.6 Å². The number of para-hydroxylation sites is 1. The summed E-state index contributed by atoms with van der Waals surface area (Å²) in [5.41, 5.74) is 1.30. The molecule has 5 heteroatoms. The normalized spacial score (nSPS) is 18.4. The third kappa shape index (κ3) is 2.93. The lowest BCUT2D eigenvalue weighted by Gasteiger charge is -2.20. The quantitative estimate of drug-likeness (QED) is 0.934. The highest BCUT2D eigenvalue weighted by molar-refractivity contribution is 5.50. The molecule has 1 aromatic heterocycles. The minimum absolute atomic E-state index is 0.0978. The molecule has 3 nitrogen and oxygen atoms in total. The molecule has 0 spiro atoms. The summed E-state index contributed by atoms with van der Waals surface area (Å²) in [5, 5.41) is 3.46. The summed E-state index contributed by atoms with van der Waals surface area (Å²) in [7, 11) is 2.01. The Kier molecular flexibility index (Phi) is 3.92. The van der Waals surface area contributed by atoms with Crippen molar-refractivity contribution >= 4 is 5.69 Å². The highest BCUT2D eigenvalue weighted by Gasteiger charge is 2.26. The van der Waals surface area contributed by atoms with Crippen molar-refractivity contribution < 1.29 is 8.78 Å². The molecule has 1 aromatic carbocycles. The van der Waals surface area contributed by atoms with Gasteiger partial charge in [0.25, 0.3) is 0 Å². The fourth-order valence-corrected chi connectivity index (χ4v) is 2.85. The third-order valence-corrected chi connectivity index (χ3v) is 4.07. The average Bonchev–Trinajstić information content (AvgIpc) is 3.06. The van der Waals surface area contributed by atoms with Crippen molar-refractivity contribution in [2.45, 2.75) is 19.0 Å². The van der Waals surface area contributed by atoms with Gasteiger partial charge in [0.05, 0.1) is 0 Å². The number of aromatic nitrogens is 1. The molecule has 112 valence electrons. The highest BCUT2D eigenvalue weighted by atomic mass is 19.1. The number of rotatable bonds is 4. The van der Waals surface area contributed by atoms with E-state index in [0.717, 1.165) is 13.0 Å². The molecule has 0 radical (unpaired) electrons. The van der Waals surface area contributed by atoms with Gasteiger partial charge in [-0.1, -0.05) is 6.07 Å². The Bertz CT molecular complexity index is 603. The number of hydrogen-bond acceptors (Lipinski definition) is 2. The number of anilines is 1. The van der Waals surface area contributed by atoms with Crippen molar-refractivity contribution in [3.8, 4) is 0 Å². The summed E-state index contributed by atoms with van der Waals surface area (Å²) in [4.78, 5) is 1.79. The first-order chi connectivity index (χ1) is 10.1. The topological polar surface area (TPSA) is 20.2 Å². The molecule has 1 aliphatic heterocycles. The molecule has 1 N–H and O–H groups in total. The van der Waals surface area contributed by atoms with Crippen LogP contribution in [0.15, 0.2) is 36.5 Å². The van der Waals surface area contributed by atoms with E-state index in [1.165, 1.54) is 23.9 Å². The number of hydrogen-bond donors (Lipinski definition) is 1. The molecule has 0 saturated carbocycles. The third-order valence-electron chi connectivity index (χ3n) is 4.07. The van der Waals surface area contributed by atoms with E-state index in [1.807, 2.05) is 19.3 Å². The van der Waals surface area contributed by atoms with Crippen LogP contribution in [0.4, 0.5) is 14.5 Å². The Morgan fingerprint density at radius 1 is 1.19 bits per heavy atom. The number of nitrogens with one attached hydrogen (secondary N) is 1. The van der Waals surface area contributed by atoms with Crippen molar-refractivity contribution in [3.05, 3.63) is 53.9 Å².